The molecule has 33 heavy (non-hydrogen) atoms. The Balaban J connectivity index is 1.50. The average Bonchev–Trinajstić information content (AvgIpc) is 3.35. The molecule has 168 valence electrons. The van der Waals surface area contributed by atoms with Crippen molar-refractivity contribution >= 4 is 34.8 Å². The van der Waals surface area contributed by atoms with Crippen LogP contribution in [-0.2, 0) is 14.4 Å². The summed E-state index contributed by atoms with van der Waals surface area (Å²) in [4.78, 5) is 34.4. The zero-order valence-electron chi connectivity index (χ0n) is 18.1. The first-order valence-corrected chi connectivity index (χ1v) is 11.3. The molecule has 3 aromatic carbocycles. The highest BCUT2D eigenvalue weighted by Crippen LogP contribution is 2.47. The molecule has 2 aliphatic heterocycles. The van der Waals surface area contributed by atoms with E-state index in [1.807, 2.05) is 55.5 Å². The normalized spacial score (nSPS) is 22.1. The first-order chi connectivity index (χ1) is 16.1. The number of benzene rings is 3. The minimum atomic E-state index is -0.919. The molecular formula is C26H23ClN2O4. The van der Waals surface area contributed by atoms with Gasteiger partial charge in [-0.05, 0) is 60.5 Å². The van der Waals surface area contributed by atoms with Crippen molar-refractivity contribution in [3.8, 4) is 5.75 Å². The van der Waals surface area contributed by atoms with Crippen LogP contribution < -0.4 is 14.7 Å². The number of halogens is 1. The van der Waals surface area contributed by atoms with Crippen LogP contribution in [-0.4, -0.2) is 24.5 Å². The van der Waals surface area contributed by atoms with E-state index < -0.39 is 18.1 Å². The number of nitrogens with zero attached hydrogens (tertiary/aromatic N) is 2. The lowest BCUT2D eigenvalue weighted by Gasteiger charge is -2.28. The van der Waals surface area contributed by atoms with E-state index >= 15 is 0 Å². The Hall–Kier alpha value is -3.35. The second kappa shape index (κ2) is 8.89. The van der Waals surface area contributed by atoms with Crippen LogP contribution in [0, 0.1) is 5.92 Å². The Morgan fingerprint density at radius 2 is 1.67 bits per heavy atom. The third-order valence-corrected chi connectivity index (χ3v) is 6.12. The Bertz CT molecular complexity index is 1170. The molecule has 2 amide bonds. The molecule has 0 aromatic heterocycles. The van der Waals surface area contributed by atoms with Gasteiger partial charge in [0.15, 0.2) is 6.10 Å². The molecule has 0 spiro atoms. The molecule has 2 fully saturated rings. The molecule has 5 rings (SSSR count). The van der Waals surface area contributed by atoms with Gasteiger partial charge in [-0.3, -0.25) is 14.4 Å². The van der Waals surface area contributed by atoms with Crippen LogP contribution in [0.4, 0.5) is 11.4 Å². The zero-order chi connectivity index (χ0) is 22.9. The number of hydrogen-bond donors (Lipinski definition) is 0. The zero-order valence-corrected chi connectivity index (χ0v) is 18.8. The predicted octanol–water partition coefficient (Wildman–Crippen LogP) is 5.18. The number of imide groups is 1. The van der Waals surface area contributed by atoms with Crippen molar-refractivity contribution in [2.45, 2.75) is 25.5 Å². The quantitative estimate of drug-likeness (QED) is 0.472. The molecule has 6 nitrogen and oxygen atoms in total. The van der Waals surface area contributed by atoms with Gasteiger partial charge in [-0.25, -0.2) is 9.96 Å². The standard InChI is InChI=1S/C26H23ClN2O4/c1-2-15-32-21-13-11-19(12-14-21)28-25(30)22-23(17-7-6-8-18(27)16-17)29(33-24(22)26(28)31)20-9-4-3-5-10-20/h3-14,16,22-24H,2,15H2,1H3/t22-,23-,24-/m0/s1. The second-order valence-corrected chi connectivity index (χ2v) is 8.50. The maximum absolute atomic E-state index is 13.6. The van der Waals surface area contributed by atoms with Gasteiger partial charge in [0, 0.05) is 5.02 Å². The van der Waals surface area contributed by atoms with Crippen LogP contribution in [0.2, 0.25) is 5.02 Å². The first kappa shape index (κ1) is 21.5. The minimum Gasteiger partial charge on any atom is -0.494 e. The lowest BCUT2D eigenvalue weighted by Crippen LogP contribution is -2.37. The van der Waals surface area contributed by atoms with Crippen molar-refractivity contribution in [1.29, 1.82) is 0 Å². The Morgan fingerprint density at radius 3 is 2.36 bits per heavy atom. The highest BCUT2D eigenvalue weighted by atomic mass is 35.5. The van der Waals surface area contributed by atoms with Crippen molar-refractivity contribution < 1.29 is 19.2 Å². The number of anilines is 2. The summed E-state index contributed by atoms with van der Waals surface area (Å²) < 4.78 is 5.62. The maximum atomic E-state index is 13.6. The topological polar surface area (TPSA) is 59.1 Å². The fourth-order valence-corrected chi connectivity index (χ4v) is 4.61. The number of amides is 2. The number of hydrogen-bond acceptors (Lipinski definition) is 5. The van der Waals surface area contributed by atoms with Crippen LogP contribution in [0.5, 0.6) is 5.75 Å². The van der Waals surface area contributed by atoms with Gasteiger partial charge in [-0.2, -0.15) is 0 Å². The molecular weight excluding hydrogens is 440 g/mol. The van der Waals surface area contributed by atoms with E-state index in [1.165, 1.54) is 4.90 Å². The molecule has 7 heteroatoms. The summed E-state index contributed by atoms with van der Waals surface area (Å²) in [7, 11) is 0. The fraction of sp³-hybridized carbons (Fsp3) is 0.231. The van der Waals surface area contributed by atoms with Gasteiger partial charge >= 0.3 is 0 Å². The lowest BCUT2D eigenvalue weighted by molar-refractivity contribution is -0.126. The molecule has 2 aliphatic rings. The molecule has 2 heterocycles. The smallest absolute Gasteiger partial charge is 0.266 e. The molecule has 0 unspecified atom stereocenters. The Morgan fingerprint density at radius 1 is 0.909 bits per heavy atom. The first-order valence-electron chi connectivity index (χ1n) is 11.0. The van der Waals surface area contributed by atoms with Crippen molar-refractivity contribution in [3.05, 3.63) is 89.4 Å². The monoisotopic (exact) mass is 462 g/mol. The van der Waals surface area contributed by atoms with E-state index in [0.29, 0.717) is 23.1 Å². The second-order valence-electron chi connectivity index (χ2n) is 8.07. The number of carbonyl (C=O) groups excluding carboxylic acids is 2. The SMILES string of the molecule is CCCOc1ccc(N2C(=O)[C@@H]3[C@H](ON(c4ccccc4)[C@H]3c3cccc(Cl)c3)C2=O)cc1. The summed E-state index contributed by atoms with van der Waals surface area (Å²) in [6.45, 7) is 2.64. The van der Waals surface area contributed by atoms with Crippen LogP contribution in [0.15, 0.2) is 78.9 Å². The summed E-state index contributed by atoms with van der Waals surface area (Å²) in [5.41, 5.74) is 2.08. The number of carbonyl (C=O) groups is 2. The van der Waals surface area contributed by atoms with Crippen LogP contribution in [0.1, 0.15) is 24.9 Å². The van der Waals surface area contributed by atoms with Crippen molar-refractivity contribution in [2.24, 2.45) is 5.92 Å². The lowest BCUT2D eigenvalue weighted by atomic mass is 9.90. The largest absolute Gasteiger partial charge is 0.494 e. The summed E-state index contributed by atoms with van der Waals surface area (Å²) in [6, 6.07) is 23.3. The summed E-state index contributed by atoms with van der Waals surface area (Å²) in [6.07, 6.45) is -0.0216. The highest BCUT2D eigenvalue weighted by Gasteiger charge is 2.60. The minimum absolute atomic E-state index is 0.296. The molecule has 0 bridgehead atoms. The summed E-state index contributed by atoms with van der Waals surface area (Å²) in [5, 5.41) is 2.22. The molecule has 0 saturated carbocycles. The van der Waals surface area contributed by atoms with E-state index in [4.69, 9.17) is 21.2 Å². The Kier molecular flexibility index (Phi) is 5.79. The van der Waals surface area contributed by atoms with Gasteiger partial charge in [-0.1, -0.05) is 48.9 Å². The van der Waals surface area contributed by atoms with Crippen molar-refractivity contribution in [3.63, 3.8) is 0 Å². The summed E-state index contributed by atoms with van der Waals surface area (Å²) >= 11 is 6.27. The summed E-state index contributed by atoms with van der Waals surface area (Å²) in [5.74, 6) is -0.677. The predicted molar refractivity (Wildman–Crippen MR) is 126 cm³/mol. The van der Waals surface area contributed by atoms with Crippen LogP contribution in [0.25, 0.3) is 0 Å². The van der Waals surface area contributed by atoms with E-state index in [2.05, 4.69) is 0 Å². The fourth-order valence-electron chi connectivity index (χ4n) is 4.41. The molecule has 3 aromatic rings. The van der Waals surface area contributed by atoms with Crippen LogP contribution in [0.3, 0.4) is 0 Å². The number of fused-ring (bicyclic) bond motifs is 1. The third kappa shape index (κ3) is 3.86. The average molecular weight is 463 g/mol. The van der Waals surface area contributed by atoms with Gasteiger partial charge in [0.05, 0.1) is 24.0 Å². The van der Waals surface area contributed by atoms with Gasteiger partial charge in [0.1, 0.15) is 11.7 Å². The number of rotatable bonds is 6. The third-order valence-electron chi connectivity index (χ3n) is 5.88. The molecule has 2 saturated heterocycles. The highest BCUT2D eigenvalue weighted by molar-refractivity contribution is 6.30. The van der Waals surface area contributed by atoms with E-state index in [-0.39, 0.29) is 11.8 Å². The Labute approximate surface area is 197 Å². The number of ether oxygens (including phenoxy) is 1. The van der Waals surface area contributed by atoms with Crippen molar-refractivity contribution in [2.75, 3.05) is 16.6 Å². The maximum Gasteiger partial charge on any atom is 0.266 e. The molecule has 3 atom stereocenters. The van der Waals surface area contributed by atoms with Gasteiger partial charge in [0.2, 0.25) is 5.91 Å². The molecule has 0 radical (unpaired) electrons. The van der Waals surface area contributed by atoms with Gasteiger partial charge < -0.3 is 4.74 Å². The number of hydroxylamine groups is 1. The van der Waals surface area contributed by atoms with E-state index in [9.17, 15) is 9.59 Å². The van der Waals surface area contributed by atoms with E-state index in [0.717, 1.165) is 17.7 Å². The van der Waals surface area contributed by atoms with Gasteiger partial charge in [0.25, 0.3) is 5.91 Å². The molecule has 0 aliphatic carbocycles. The van der Waals surface area contributed by atoms with Crippen LogP contribution >= 0.6 is 11.6 Å². The number of para-hydroxylation sites is 1. The van der Waals surface area contributed by atoms with E-state index in [1.54, 1.807) is 35.4 Å². The van der Waals surface area contributed by atoms with Crippen molar-refractivity contribution in [1.82, 2.24) is 0 Å². The molecule has 0 N–H and O–H groups in total. The van der Waals surface area contributed by atoms with Gasteiger partial charge in [-0.15, -0.1) is 0 Å².